The van der Waals surface area contributed by atoms with Crippen LogP contribution < -0.4 is 4.90 Å². The van der Waals surface area contributed by atoms with Gasteiger partial charge < -0.3 is 9.64 Å². The van der Waals surface area contributed by atoms with Crippen LogP contribution in [0.2, 0.25) is 0 Å². The highest BCUT2D eigenvalue weighted by atomic mass is 32.1. The van der Waals surface area contributed by atoms with Gasteiger partial charge in [0.05, 0.1) is 28.9 Å². The van der Waals surface area contributed by atoms with Crippen molar-refractivity contribution in [1.82, 2.24) is 4.98 Å². The van der Waals surface area contributed by atoms with Crippen LogP contribution in [0, 0.1) is 0 Å². The van der Waals surface area contributed by atoms with Gasteiger partial charge in [-0.15, -0.1) is 0 Å². The Hall–Kier alpha value is -2.40. The van der Waals surface area contributed by atoms with Crippen LogP contribution in [0.4, 0.5) is 5.13 Å². The average molecular weight is 310 g/mol. The zero-order valence-corrected chi connectivity index (χ0v) is 12.6. The fourth-order valence-electron chi connectivity index (χ4n) is 2.46. The third-order valence-corrected chi connectivity index (χ3v) is 4.78. The van der Waals surface area contributed by atoms with Crippen LogP contribution in [0.25, 0.3) is 10.2 Å². The Bertz CT molecular complexity index is 777. The predicted octanol–water partition coefficient (Wildman–Crippen LogP) is 3.34. The number of hydrogen-bond acceptors (Lipinski definition) is 5. The molecule has 0 atom stereocenters. The highest BCUT2D eigenvalue weighted by Crippen LogP contribution is 2.31. The number of benzene rings is 2. The number of fused-ring (bicyclic) bond motifs is 1. The van der Waals surface area contributed by atoms with E-state index < -0.39 is 0 Å². The first-order chi connectivity index (χ1) is 10.8. The number of hydrogen-bond donors (Lipinski definition) is 0. The minimum Gasteiger partial charge on any atom is -0.455 e. The van der Waals surface area contributed by atoms with Crippen molar-refractivity contribution in [3.63, 3.8) is 0 Å². The fourth-order valence-corrected chi connectivity index (χ4v) is 3.44. The van der Waals surface area contributed by atoms with E-state index in [9.17, 15) is 4.79 Å². The first-order valence-corrected chi connectivity index (χ1v) is 7.98. The molecule has 0 N–H and O–H groups in total. The first-order valence-electron chi connectivity index (χ1n) is 7.16. The molecule has 0 unspecified atom stereocenters. The summed E-state index contributed by atoms with van der Waals surface area (Å²) >= 11 is 1.67. The van der Waals surface area contributed by atoms with Crippen LogP contribution >= 0.6 is 11.3 Å². The second kappa shape index (κ2) is 5.42. The molecule has 0 aliphatic carbocycles. The summed E-state index contributed by atoms with van der Waals surface area (Å²) in [6, 6.07) is 17.2. The van der Waals surface area contributed by atoms with Crippen molar-refractivity contribution in [2.45, 2.75) is 6.10 Å². The van der Waals surface area contributed by atoms with Crippen LogP contribution in [-0.2, 0) is 4.74 Å². The molecule has 1 fully saturated rings. The van der Waals surface area contributed by atoms with E-state index in [4.69, 9.17) is 4.74 Å². The monoisotopic (exact) mass is 310 g/mol. The highest BCUT2D eigenvalue weighted by molar-refractivity contribution is 7.22. The Morgan fingerprint density at radius 3 is 2.59 bits per heavy atom. The third-order valence-electron chi connectivity index (χ3n) is 3.68. The molecular formula is C17H14N2O2S. The number of carbonyl (C=O) groups is 1. The van der Waals surface area contributed by atoms with Crippen molar-refractivity contribution in [3.05, 3.63) is 60.2 Å². The zero-order valence-electron chi connectivity index (χ0n) is 11.8. The summed E-state index contributed by atoms with van der Waals surface area (Å²) in [5.41, 5.74) is 1.62. The van der Waals surface area contributed by atoms with Gasteiger partial charge in [-0.2, -0.15) is 0 Å². The minimum absolute atomic E-state index is 0.0558. The molecular weight excluding hydrogens is 296 g/mol. The normalized spacial score (nSPS) is 14.8. The molecule has 4 nitrogen and oxygen atoms in total. The molecule has 1 aliphatic heterocycles. The number of thiazole rings is 1. The van der Waals surface area contributed by atoms with Gasteiger partial charge in [0, 0.05) is 0 Å². The quantitative estimate of drug-likeness (QED) is 0.696. The van der Waals surface area contributed by atoms with Crippen molar-refractivity contribution in [3.8, 4) is 0 Å². The molecule has 0 amide bonds. The lowest BCUT2D eigenvalue weighted by Gasteiger charge is -2.38. The number of esters is 1. The van der Waals surface area contributed by atoms with Gasteiger partial charge in [-0.3, -0.25) is 0 Å². The molecule has 1 aliphatic rings. The van der Waals surface area contributed by atoms with Crippen molar-refractivity contribution >= 4 is 32.7 Å². The van der Waals surface area contributed by atoms with Gasteiger partial charge in [-0.05, 0) is 24.3 Å². The number of nitrogens with zero attached hydrogens (tertiary/aromatic N) is 2. The molecule has 3 aromatic rings. The summed E-state index contributed by atoms with van der Waals surface area (Å²) in [5, 5.41) is 0.994. The molecule has 22 heavy (non-hydrogen) atoms. The van der Waals surface area contributed by atoms with E-state index in [0.29, 0.717) is 18.7 Å². The van der Waals surface area contributed by atoms with Crippen LogP contribution in [0.3, 0.4) is 0 Å². The topological polar surface area (TPSA) is 42.4 Å². The lowest BCUT2D eigenvalue weighted by atomic mass is 10.2. The van der Waals surface area contributed by atoms with Crippen molar-refractivity contribution in [1.29, 1.82) is 0 Å². The summed E-state index contributed by atoms with van der Waals surface area (Å²) < 4.78 is 6.68. The Morgan fingerprint density at radius 1 is 1.09 bits per heavy atom. The number of anilines is 1. The molecule has 0 saturated carbocycles. The van der Waals surface area contributed by atoms with E-state index in [-0.39, 0.29) is 12.1 Å². The average Bonchev–Trinajstić information content (AvgIpc) is 2.94. The molecule has 2 aromatic carbocycles. The molecule has 0 radical (unpaired) electrons. The largest absolute Gasteiger partial charge is 0.455 e. The molecule has 110 valence electrons. The minimum atomic E-state index is -0.255. The molecule has 2 heterocycles. The number of aromatic nitrogens is 1. The van der Waals surface area contributed by atoms with Gasteiger partial charge in [0.15, 0.2) is 5.13 Å². The fraction of sp³-hybridized carbons (Fsp3) is 0.176. The van der Waals surface area contributed by atoms with Crippen molar-refractivity contribution in [2.24, 2.45) is 0 Å². The van der Waals surface area contributed by atoms with Crippen molar-refractivity contribution in [2.75, 3.05) is 18.0 Å². The Balaban J connectivity index is 1.39. The standard InChI is InChI=1S/C17H14N2O2S/c20-16(12-6-2-1-3-7-12)21-13-10-19(11-13)17-18-14-8-4-5-9-15(14)22-17/h1-9,13H,10-11H2. The number of para-hydroxylation sites is 1. The van der Waals surface area contributed by atoms with Gasteiger partial charge >= 0.3 is 5.97 Å². The predicted molar refractivity (Wildman–Crippen MR) is 87.5 cm³/mol. The SMILES string of the molecule is O=C(OC1CN(c2nc3ccccc3s2)C1)c1ccccc1. The summed E-state index contributed by atoms with van der Waals surface area (Å²) in [7, 11) is 0. The van der Waals surface area contributed by atoms with Gasteiger partial charge in [-0.25, -0.2) is 9.78 Å². The van der Waals surface area contributed by atoms with E-state index in [1.165, 1.54) is 4.70 Å². The highest BCUT2D eigenvalue weighted by Gasteiger charge is 2.32. The van der Waals surface area contributed by atoms with E-state index in [0.717, 1.165) is 10.6 Å². The number of rotatable bonds is 3. The maximum Gasteiger partial charge on any atom is 0.338 e. The van der Waals surface area contributed by atoms with Crippen LogP contribution in [0.15, 0.2) is 54.6 Å². The summed E-state index contributed by atoms with van der Waals surface area (Å²) in [6.07, 6.45) is -0.0558. The van der Waals surface area contributed by atoms with E-state index in [1.807, 2.05) is 36.4 Å². The van der Waals surface area contributed by atoms with Crippen LogP contribution in [-0.4, -0.2) is 30.1 Å². The van der Waals surface area contributed by atoms with E-state index in [1.54, 1.807) is 23.5 Å². The van der Waals surface area contributed by atoms with E-state index >= 15 is 0 Å². The zero-order chi connectivity index (χ0) is 14.9. The summed E-state index contributed by atoms with van der Waals surface area (Å²) in [5.74, 6) is -0.255. The van der Waals surface area contributed by atoms with Gasteiger partial charge in [0.1, 0.15) is 6.10 Å². The third kappa shape index (κ3) is 2.44. The molecule has 0 spiro atoms. The van der Waals surface area contributed by atoms with E-state index in [2.05, 4.69) is 16.0 Å². The lowest BCUT2D eigenvalue weighted by Crippen LogP contribution is -2.53. The Kier molecular flexibility index (Phi) is 3.27. The van der Waals surface area contributed by atoms with Gasteiger partial charge in [0.25, 0.3) is 0 Å². The second-order valence-corrected chi connectivity index (χ2v) is 6.27. The summed E-state index contributed by atoms with van der Waals surface area (Å²) in [6.45, 7) is 1.41. The number of carbonyl (C=O) groups excluding carboxylic acids is 1. The van der Waals surface area contributed by atoms with Crippen LogP contribution in [0.5, 0.6) is 0 Å². The Morgan fingerprint density at radius 2 is 1.82 bits per heavy atom. The number of ether oxygens (including phenoxy) is 1. The maximum atomic E-state index is 12.0. The molecule has 4 rings (SSSR count). The first kappa shape index (κ1) is 13.3. The molecule has 5 heteroatoms. The summed E-state index contributed by atoms with van der Waals surface area (Å²) in [4.78, 5) is 18.7. The molecule has 0 bridgehead atoms. The maximum absolute atomic E-state index is 12.0. The van der Waals surface area contributed by atoms with Crippen molar-refractivity contribution < 1.29 is 9.53 Å². The van der Waals surface area contributed by atoms with Gasteiger partial charge in [0.2, 0.25) is 0 Å². The Labute approximate surface area is 132 Å². The smallest absolute Gasteiger partial charge is 0.338 e. The van der Waals surface area contributed by atoms with Crippen LogP contribution in [0.1, 0.15) is 10.4 Å². The van der Waals surface area contributed by atoms with Gasteiger partial charge in [-0.1, -0.05) is 41.7 Å². The molecule has 1 saturated heterocycles. The molecule has 1 aromatic heterocycles. The second-order valence-electron chi connectivity index (χ2n) is 5.26. The lowest BCUT2D eigenvalue weighted by molar-refractivity contribution is 0.0234.